The Labute approximate surface area is 81.5 Å². The summed E-state index contributed by atoms with van der Waals surface area (Å²) in [6.45, 7) is 0. The zero-order chi connectivity index (χ0) is 9.68. The third-order valence-corrected chi connectivity index (χ3v) is 2.08. The van der Waals surface area contributed by atoms with Crippen molar-refractivity contribution in [3.05, 3.63) is 34.6 Å². The number of hydrogen-bond acceptors (Lipinski definition) is 1. The molecule has 0 spiro atoms. The quantitative estimate of drug-likeness (QED) is 0.540. The molecule has 0 aliphatic carbocycles. The molecule has 0 aliphatic heterocycles. The zero-order valence-corrected chi connectivity index (χ0v) is 7.85. The molecule has 1 aromatic carbocycles. The molecule has 0 bridgehead atoms. The molecule has 70 valence electrons. The van der Waals surface area contributed by atoms with Crippen LogP contribution in [0.3, 0.4) is 0 Å². The van der Waals surface area contributed by atoms with E-state index in [9.17, 15) is 9.18 Å². The number of carbonyl (C=O) groups excluding carboxylic acids is 1. The fourth-order valence-electron chi connectivity index (χ4n) is 1.08. The minimum Gasteiger partial charge on any atom is -0.303 e. The van der Waals surface area contributed by atoms with Crippen LogP contribution in [0.1, 0.15) is 18.4 Å². The highest BCUT2D eigenvalue weighted by molar-refractivity contribution is 6.30. The monoisotopic (exact) mass is 200 g/mol. The van der Waals surface area contributed by atoms with Crippen molar-refractivity contribution in [2.75, 3.05) is 0 Å². The van der Waals surface area contributed by atoms with E-state index in [0.29, 0.717) is 12.8 Å². The molecule has 0 amide bonds. The molecule has 13 heavy (non-hydrogen) atoms. The van der Waals surface area contributed by atoms with E-state index >= 15 is 0 Å². The molecule has 0 heterocycles. The van der Waals surface area contributed by atoms with Crippen LogP contribution in [0.4, 0.5) is 4.39 Å². The lowest BCUT2D eigenvalue weighted by molar-refractivity contribution is -0.107. The van der Waals surface area contributed by atoms with Crippen molar-refractivity contribution in [2.24, 2.45) is 0 Å². The molecule has 1 nitrogen and oxygen atoms in total. The summed E-state index contributed by atoms with van der Waals surface area (Å²) in [6.07, 6.45) is 2.86. The average molecular weight is 201 g/mol. The average Bonchev–Trinajstić information content (AvgIpc) is 2.12. The largest absolute Gasteiger partial charge is 0.303 e. The third kappa shape index (κ3) is 3.15. The van der Waals surface area contributed by atoms with Crippen LogP contribution in [0.25, 0.3) is 0 Å². The molecule has 0 saturated heterocycles. The Kier molecular flexibility index (Phi) is 3.90. The number of halogens is 2. The van der Waals surface area contributed by atoms with Crippen LogP contribution in [0.15, 0.2) is 18.2 Å². The van der Waals surface area contributed by atoms with Crippen LogP contribution < -0.4 is 0 Å². The maximum absolute atomic E-state index is 12.9. The SMILES string of the molecule is O=CCCCc1ccc(Cl)c(F)c1. The number of unbranched alkanes of at least 4 members (excludes halogenated alkanes) is 1. The second kappa shape index (κ2) is 4.97. The Hall–Kier alpha value is -0.890. The molecular weight excluding hydrogens is 191 g/mol. The molecular formula is C10H10ClFO. The maximum atomic E-state index is 12.9. The Bertz CT molecular complexity index is 299. The number of rotatable bonds is 4. The Balaban J connectivity index is 2.57. The number of carbonyl (C=O) groups is 1. The van der Waals surface area contributed by atoms with E-state index in [1.807, 2.05) is 0 Å². The first-order valence-corrected chi connectivity index (χ1v) is 4.49. The normalized spacial score (nSPS) is 10.0. The summed E-state index contributed by atoms with van der Waals surface area (Å²) in [4.78, 5) is 10.0. The fourth-order valence-corrected chi connectivity index (χ4v) is 1.20. The van der Waals surface area contributed by atoms with E-state index in [0.717, 1.165) is 18.3 Å². The van der Waals surface area contributed by atoms with E-state index in [4.69, 9.17) is 11.6 Å². The highest BCUT2D eigenvalue weighted by Gasteiger charge is 2.00. The number of aldehydes is 1. The predicted molar refractivity (Wildman–Crippen MR) is 50.4 cm³/mol. The van der Waals surface area contributed by atoms with Crippen LogP contribution in [-0.2, 0) is 11.2 Å². The van der Waals surface area contributed by atoms with Gasteiger partial charge in [0.05, 0.1) is 5.02 Å². The topological polar surface area (TPSA) is 17.1 Å². The van der Waals surface area contributed by atoms with Gasteiger partial charge in [0.25, 0.3) is 0 Å². The minimum atomic E-state index is -0.398. The van der Waals surface area contributed by atoms with Gasteiger partial charge in [0.2, 0.25) is 0 Å². The maximum Gasteiger partial charge on any atom is 0.142 e. The van der Waals surface area contributed by atoms with Crippen molar-refractivity contribution in [3.63, 3.8) is 0 Å². The minimum absolute atomic E-state index is 0.138. The lowest BCUT2D eigenvalue weighted by atomic mass is 10.1. The van der Waals surface area contributed by atoms with Crippen molar-refractivity contribution in [3.8, 4) is 0 Å². The summed E-state index contributed by atoms with van der Waals surface area (Å²) in [5.74, 6) is -0.398. The second-order valence-corrected chi connectivity index (χ2v) is 3.21. The third-order valence-electron chi connectivity index (χ3n) is 1.77. The van der Waals surface area contributed by atoms with Gasteiger partial charge in [-0.15, -0.1) is 0 Å². The predicted octanol–water partition coefficient (Wildman–Crippen LogP) is 3.00. The summed E-state index contributed by atoms with van der Waals surface area (Å²) in [5.41, 5.74) is 0.878. The molecule has 0 unspecified atom stereocenters. The second-order valence-electron chi connectivity index (χ2n) is 2.81. The summed E-state index contributed by atoms with van der Waals surface area (Å²) in [6, 6.07) is 4.72. The highest BCUT2D eigenvalue weighted by atomic mass is 35.5. The van der Waals surface area contributed by atoms with Crippen LogP contribution >= 0.6 is 11.6 Å². The molecule has 0 atom stereocenters. The molecule has 0 fully saturated rings. The lowest BCUT2D eigenvalue weighted by Gasteiger charge is -2.00. The first kappa shape index (κ1) is 10.2. The van der Waals surface area contributed by atoms with Gasteiger partial charge in [-0.25, -0.2) is 4.39 Å². The van der Waals surface area contributed by atoms with Gasteiger partial charge < -0.3 is 4.79 Å². The Morgan fingerprint density at radius 2 is 2.23 bits per heavy atom. The van der Waals surface area contributed by atoms with Crippen molar-refractivity contribution >= 4 is 17.9 Å². The standard InChI is InChI=1S/C10H10ClFO/c11-9-5-4-8(7-10(9)12)3-1-2-6-13/h4-7H,1-3H2. The van der Waals surface area contributed by atoms with Gasteiger partial charge in [-0.1, -0.05) is 17.7 Å². The molecule has 0 N–H and O–H groups in total. The molecule has 0 aliphatic rings. The van der Waals surface area contributed by atoms with Gasteiger partial charge in [0, 0.05) is 6.42 Å². The van der Waals surface area contributed by atoms with Gasteiger partial charge in [0.1, 0.15) is 12.1 Å². The van der Waals surface area contributed by atoms with E-state index in [-0.39, 0.29) is 5.02 Å². The number of aryl methyl sites for hydroxylation is 1. The molecule has 1 rings (SSSR count). The first-order chi connectivity index (χ1) is 6.24. The molecule has 0 radical (unpaired) electrons. The number of benzene rings is 1. The summed E-state index contributed by atoms with van der Waals surface area (Å²) >= 11 is 5.51. The van der Waals surface area contributed by atoms with E-state index in [1.165, 1.54) is 12.1 Å². The van der Waals surface area contributed by atoms with Crippen LogP contribution in [0.2, 0.25) is 5.02 Å². The van der Waals surface area contributed by atoms with Crippen LogP contribution in [0.5, 0.6) is 0 Å². The summed E-state index contributed by atoms with van der Waals surface area (Å²) in [7, 11) is 0. The lowest BCUT2D eigenvalue weighted by Crippen LogP contribution is -1.88. The summed E-state index contributed by atoms with van der Waals surface area (Å²) in [5, 5.41) is 0.138. The van der Waals surface area contributed by atoms with Gasteiger partial charge in [-0.3, -0.25) is 0 Å². The van der Waals surface area contributed by atoms with Crippen molar-refractivity contribution in [2.45, 2.75) is 19.3 Å². The molecule has 3 heteroatoms. The first-order valence-electron chi connectivity index (χ1n) is 4.11. The van der Waals surface area contributed by atoms with Gasteiger partial charge in [0.15, 0.2) is 0 Å². The van der Waals surface area contributed by atoms with Crippen LogP contribution in [-0.4, -0.2) is 6.29 Å². The summed E-state index contributed by atoms with van der Waals surface area (Å²) < 4.78 is 12.9. The van der Waals surface area contributed by atoms with Crippen LogP contribution in [0, 0.1) is 5.82 Å². The molecule has 1 aromatic rings. The Morgan fingerprint density at radius 1 is 1.46 bits per heavy atom. The van der Waals surface area contributed by atoms with Gasteiger partial charge >= 0.3 is 0 Å². The van der Waals surface area contributed by atoms with Gasteiger partial charge in [-0.2, -0.15) is 0 Å². The smallest absolute Gasteiger partial charge is 0.142 e. The van der Waals surface area contributed by atoms with E-state index in [2.05, 4.69) is 0 Å². The van der Waals surface area contributed by atoms with E-state index in [1.54, 1.807) is 6.07 Å². The highest BCUT2D eigenvalue weighted by Crippen LogP contribution is 2.16. The zero-order valence-electron chi connectivity index (χ0n) is 7.09. The fraction of sp³-hybridized carbons (Fsp3) is 0.300. The van der Waals surface area contributed by atoms with Crippen molar-refractivity contribution in [1.29, 1.82) is 0 Å². The molecule has 0 aromatic heterocycles. The van der Waals surface area contributed by atoms with E-state index < -0.39 is 5.82 Å². The molecule has 0 saturated carbocycles. The van der Waals surface area contributed by atoms with Crippen molar-refractivity contribution in [1.82, 2.24) is 0 Å². The number of hydrogen-bond donors (Lipinski definition) is 0. The Morgan fingerprint density at radius 3 is 2.85 bits per heavy atom. The van der Waals surface area contributed by atoms with Crippen molar-refractivity contribution < 1.29 is 9.18 Å². The van der Waals surface area contributed by atoms with Gasteiger partial charge in [-0.05, 0) is 30.5 Å².